The predicted molar refractivity (Wildman–Crippen MR) is 102 cm³/mol. The summed E-state index contributed by atoms with van der Waals surface area (Å²) in [5.41, 5.74) is -1.92. The second-order valence-corrected chi connectivity index (χ2v) is 10.3. The summed E-state index contributed by atoms with van der Waals surface area (Å²) >= 11 is 0. The average Bonchev–Trinajstić information content (AvgIpc) is 2.59. The summed E-state index contributed by atoms with van der Waals surface area (Å²) < 4.78 is 84.9. The van der Waals surface area contributed by atoms with Crippen LogP contribution in [0.4, 0.5) is 22.4 Å². The molecule has 1 aliphatic rings. The van der Waals surface area contributed by atoms with Gasteiger partial charge in [0.2, 0.25) is 10.0 Å². The Kier molecular flexibility index (Phi) is 7.07. The summed E-state index contributed by atoms with van der Waals surface area (Å²) in [4.78, 5) is 12.5. The number of nitrogens with zero attached hydrogens (tertiary/aromatic N) is 2. The van der Waals surface area contributed by atoms with Crippen molar-refractivity contribution in [3.63, 3.8) is 0 Å². The molecule has 1 aromatic rings. The Balaban J connectivity index is 2.17. The van der Waals surface area contributed by atoms with Gasteiger partial charge in [0, 0.05) is 26.7 Å². The van der Waals surface area contributed by atoms with Gasteiger partial charge < -0.3 is 9.64 Å². The van der Waals surface area contributed by atoms with Crippen LogP contribution in [0, 0.1) is 11.7 Å². The SMILES string of the molecule is CN(CC1CCCN(S(=O)(=O)c2cc(C(F)(F)F)ccc2F)C1)C(=O)OC(C)(C)C. The van der Waals surface area contributed by atoms with Gasteiger partial charge in [0.1, 0.15) is 16.3 Å². The third-order valence-electron chi connectivity index (χ3n) is 4.60. The number of hydrogen-bond acceptors (Lipinski definition) is 4. The first-order valence-electron chi connectivity index (χ1n) is 9.42. The van der Waals surface area contributed by atoms with E-state index >= 15 is 0 Å². The summed E-state index contributed by atoms with van der Waals surface area (Å²) in [5, 5.41) is 0. The van der Waals surface area contributed by atoms with E-state index in [4.69, 9.17) is 4.74 Å². The minimum atomic E-state index is -4.79. The van der Waals surface area contributed by atoms with Gasteiger partial charge in [0.25, 0.3) is 0 Å². The highest BCUT2D eigenvalue weighted by molar-refractivity contribution is 7.89. The molecule has 170 valence electrons. The van der Waals surface area contributed by atoms with Crippen molar-refractivity contribution in [3.8, 4) is 0 Å². The number of rotatable bonds is 4. The maximum atomic E-state index is 14.1. The summed E-state index contributed by atoms with van der Waals surface area (Å²) in [7, 11) is -2.95. The highest BCUT2D eigenvalue weighted by Crippen LogP contribution is 2.33. The van der Waals surface area contributed by atoms with Crippen molar-refractivity contribution in [1.82, 2.24) is 9.21 Å². The molecule has 1 amide bonds. The third-order valence-corrected chi connectivity index (χ3v) is 6.48. The van der Waals surface area contributed by atoms with Crippen molar-refractivity contribution in [2.45, 2.75) is 50.3 Å². The molecule has 1 heterocycles. The van der Waals surface area contributed by atoms with E-state index in [0.717, 1.165) is 4.31 Å². The first kappa shape index (κ1) is 24.4. The molecule has 0 radical (unpaired) electrons. The number of carbonyl (C=O) groups excluding carboxylic acids is 1. The third kappa shape index (κ3) is 6.07. The number of carbonyl (C=O) groups is 1. The Morgan fingerprint density at radius 2 is 1.90 bits per heavy atom. The number of piperidine rings is 1. The van der Waals surface area contributed by atoms with Crippen LogP contribution in [-0.2, 0) is 20.9 Å². The van der Waals surface area contributed by atoms with Gasteiger partial charge in [0.15, 0.2) is 0 Å². The lowest BCUT2D eigenvalue weighted by Gasteiger charge is -2.34. The van der Waals surface area contributed by atoms with Crippen LogP contribution in [0.15, 0.2) is 23.1 Å². The molecular weight excluding hydrogens is 428 g/mol. The van der Waals surface area contributed by atoms with Crippen molar-refractivity contribution >= 4 is 16.1 Å². The normalized spacial score (nSPS) is 18.9. The second-order valence-electron chi connectivity index (χ2n) is 8.38. The summed E-state index contributed by atoms with van der Waals surface area (Å²) in [6.07, 6.45) is -4.30. The molecule has 30 heavy (non-hydrogen) atoms. The molecule has 1 unspecified atom stereocenters. The second kappa shape index (κ2) is 8.70. The molecule has 0 aliphatic carbocycles. The van der Waals surface area contributed by atoms with Crippen LogP contribution in [0.1, 0.15) is 39.2 Å². The number of sulfonamides is 1. The van der Waals surface area contributed by atoms with Crippen LogP contribution in [0.5, 0.6) is 0 Å². The van der Waals surface area contributed by atoms with Gasteiger partial charge >= 0.3 is 12.3 Å². The standard InChI is InChI=1S/C19H26F4N2O4S/c1-18(2,3)29-17(26)24(4)11-13-6-5-9-25(12-13)30(27,28)16-10-14(19(21,22)23)7-8-15(16)20/h7-8,10,13H,5-6,9,11-12H2,1-4H3. The molecule has 0 aromatic heterocycles. The highest BCUT2D eigenvalue weighted by atomic mass is 32.2. The zero-order valence-corrected chi connectivity index (χ0v) is 18.1. The summed E-state index contributed by atoms with van der Waals surface area (Å²) in [5.74, 6) is -1.50. The maximum absolute atomic E-state index is 14.1. The molecule has 0 N–H and O–H groups in total. The largest absolute Gasteiger partial charge is 0.444 e. The lowest BCUT2D eigenvalue weighted by atomic mass is 9.99. The predicted octanol–water partition coefficient (Wildman–Crippen LogP) is 4.11. The molecule has 1 aromatic carbocycles. The fraction of sp³-hybridized carbons (Fsp3) is 0.632. The monoisotopic (exact) mass is 454 g/mol. The zero-order valence-electron chi connectivity index (χ0n) is 17.3. The maximum Gasteiger partial charge on any atom is 0.416 e. The average molecular weight is 454 g/mol. The van der Waals surface area contributed by atoms with Crippen LogP contribution in [0.2, 0.25) is 0 Å². The highest BCUT2D eigenvalue weighted by Gasteiger charge is 2.37. The van der Waals surface area contributed by atoms with Crippen LogP contribution in [0.25, 0.3) is 0 Å². The number of hydrogen-bond donors (Lipinski definition) is 0. The van der Waals surface area contributed by atoms with Crippen molar-refractivity contribution in [2.24, 2.45) is 5.92 Å². The van der Waals surface area contributed by atoms with Crippen LogP contribution in [-0.4, -0.2) is 56.0 Å². The van der Waals surface area contributed by atoms with E-state index in [9.17, 15) is 30.8 Å². The molecule has 0 spiro atoms. The molecule has 1 fully saturated rings. The molecule has 11 heteroatoms. The van der Waals surface area contributed by atoms with Crippen molar-refractivity contribution in [3.05, 3.63) is 29.6 Å². The fourth-order valence-corrected chi connectivity index (χ4v) is 4.86. The first-order chi connectivity index (χ1) is 13.6. The first-order valence-corrected chi connectivity index (χ1v) is 10.9. The Morgan fingerprint density at radius 1 is 1.27 bits per heavy atom. The Bertz CT molecular complexity index is 882. The number of alkyl halides is 3. The lowest BCUT2D eigenvalue weighted by molar-refractivity contribution is -0.137. The molecule has 1 aliphatic heterocycles. The topological polar surface area (TPSA) is 66.9 Å². The van der Waals surface area contributed by atoms with Crippen molar-refractivity contribution < 1.29 is 35.5 Å². The smallest absolute Gasteiger partial charge is 0.416 e. The number of amides is 1. The molecular formula is C19H26F4N2O4S. The molecule has 1 saturated heterocycles. The molecule has 2 rings (SSSR count). The minimum absolute atomic E-state index is 0.0366. The van der Waals surface area contributed by atoms with E-state index in [1.165, 1.54) is 11.9 Å². The van der Waals surface area contributed by atoms with E-state index < -0.39 is 44.2 Å². The van der Waals surface area contributed by atoms with E-state index in [1.54, 1.807) is 20.8 Å². The molecule has 0 saturated carbocycles. The molecule has 1 atom stereocenters. The van der Waals surface area contributed by atoms with Crippen molar-refractivity contribution in [2.75, 3.05) is 26.7 Å². The van der Waals surface area contributed by atoms with E-state index in [2.05, 4.69) is 0 Å². The van der Waals surface area contributed by atoms with Gasteiger partial charge in [-0.3, -0.25) is 0 Å². The number of halogens is 4. The minimum Gasteiger partial charge on any atom is -0.444 e. The number of benzene rings is 1. The number of ether oxygens (including phenoxy) is 1. The Hall–Kier alpha value is -1.88. The van der Waals surface area contributed by atoms with Crippen LogP contribution < -0.4 is 0 Å². The van der Waals surface area contributed by atoms with E-state index in [1.807, 2.05) is 0 Å². The molecule has 6 nitrogen and oxygen atoms in total. The lowest BCUT2D eigenvalue weighted by Crippen LogP contribution is -2.45. The van der Waals surface area contributed by atoms with E-state index in [0.29, 0.717) is 31.0 Å². The molecule has 0 bridgehead atoms. The van der Waals surface area contributed by atoms with Crippen molar-refractivity contribution in [1.29, 1.82) is 0 Å². The van der Waals surface area contributed by atoms with Gasteiger partial charge in [-0.15, -0.1) is 0 Å². The van der Waals surface area contributed by atoms with Gasteiger partial charge in [-0.2, -0.15) is 17.5 Å². The Morgan fingerprint density at radius 3 is 2.47 bits per heavy atom. The fourth-order valence-electron chi connectivity index (χ4n) is 3.21. The Labute approximate surface area is 173 Å². The van der Waals surface area contributed by atoms with Gasteiger partial charge in [0.05, 0.1) is 5.56 Å². The van der Waals surface area contributed by atoms with Crippen LogP contribution >= 0.6 is 0 Å². The summed E-state index contributed by atoms with van der Waals surface area (Å²) in [6, 6.07) is 1.33. The van der Waals surface area contributed by atoms with Crippen LogP contribution in [0.3, 0.4) is 0 Å². The van der Waals surface area contributed by atoms with Gasteiger partial charge in [-0.25, -0.2) is 17.6 Å². The summed E-state index contributed by atoms with van der Waals surface area (Å²) in [6.45, 7) is 5.38. The quantitative estimate of drug-likeness (QED) is 0.643. The van der Waals surface area contributed by atoms with Gasteiger partial charge in [-0.05, 0) is 57.7 Å². The van der Waals surface area contributed by atoms with E-state index in [-0.39, 0.29) is 25.6 Å². The van der Waals surface area contributed by atoms with Gasteiger partial charge in [-0.1, -0.05) is 0 Å². The zero-order chi connectivity index (χ0) is 22.9.